The van der Waals surface area contributed by atoms with Crippen LogP contribution in [0, 0.1) is 16.7 Å². The topological polar surface area (TPSA) is 78.8 Å². The van der Waals surface area contributed by atoms with Crippen LogP contribution < -0.4 is 10.9 Å². The average Bonchev–Trinajstić information content (AvgIpc) is 2.15. The third kappa shape index (κ3) is 3.52. The molecule has 0 fully saturated rings. The normalized spacial score (nSPS) is 10.9. The fourth-order valence-corrected chi connectivity index (χ4v) is 1.16. The SMILES string of the molecule is CC(C)(C)CN(N)c1ccnc(C#N)n1. The Morgan fingerprint density at radius 1 is 1.53 bits per heavy atom. The Balaban J connectivity index is 2.83. The number of nitriles is 1. The molecule has 0 unspecified atom stereocenters. The highest BCUT2D eigenvalue weighted by Crippen LogP contribution is 2.16. The quantitative estimate of drug-likeness (QED) is 0.577. The van der Waals surface area contributed by atoms with Crippen molar-refractivity contribution in [1.82, 2.24) is 9.97 Å². The van der Waals surface area contributed by atoms with Crippen LogP contribution in [0.3, 0.4) is 0 Å². The van der Waals surface area contributed by atoms with Crippen molar-refractivity contribution in [2.45, 2.75) is 20.8 Å². The van der Waals surface area contributed by atoms with E-state index in [0.717, 1.165) is 0 Å². The van der Waals surface area contributed by atoms with E-state index in [1.807, 2.05) is 6.07 Å². The smallest absolute Gasteiger partial charge is 0.234 e. The Bertz CT molecular complexity index is 374. The molecule has 1 heterocycles. The number of nitrogens with zero attached hydrogens (tertiary/aromatic N) is 4. The summed E-state index contributed by atoms with van der Waals surface area (Å²) >= 11 is 0. The highest BCUT2D eigenvalue weighted by atomic mass is 15.4. The van der Waals surface area contributed by atoms with Gasteiger partial charge in [-0.25, -0.2) is 15.8 Å². The summed E-state index contributed by atoms with van der Waals surface area (Å²) in [5.74, 6) is 6.54. The van der Waals surface area contributed by atoms with Gasteiger partial charge in [0.15, 0.2) is 0 Å². The summed E-state index contributed by atoms with van der Waals surface area (Å²) in [4.78, 5) is 7.79. The minimum absolute atomic E-state index is 0.0759. The standard InChI is InChI=1S/C10H15N5/c1-10(2,3)7-15(12)9-4-5-13-8(6-11)14-9/h4-5H,7,12H2,1-3H3. The van der Waals surface area contributed by atoms with Crippen LogP contribution in [0.2, 0.25) is 0 Å². The molecule has 1 aromatic heterocycles. The summed E-state index contributed by atoms with van der Waals surface area (Å²) in [6.07, 6.45) is 1.53. The molecule has 5 nitrogen and oxygen atoms in total. The van der Waals surface area contributed by atoms with E-state index in [4.69, 9.17) is 11.1 Å². The summed E-state index contributed by atoms with van der Waals surface area (Å²) in [5, 5.41) is 10.2. The van der Waals surface area contributed by atoms with Crippen LogP contribution in [0.1, 0.15) is 26.6 Å². The van der Waals surface area contributed by atoms with Crippen LogP contribution in [0.5, 0.6) is 0 Å². The van der Waals surface area contributed by atoms with E-state index in [0.29, 0.717) is 12.4 Å². The number of anilines is 1. The van der Waals surface area contributed by atoms with Crippen LogP contribution in [-0.2, 0) is 0 Å². The first-order valence-corrected chi connectivity index (χ1v) is 4.68. The van der Waals surface area contributed by atoms with Gasteiger partial charge in [0.25, 0.3) is 0 Å². The summed E-state index contributed by atoms with van der Waals surface area (Å²) < 4.78 is 0. The maximum Gasteiger partial charge on any atom is 0.234 e. The summed E-state index contributed by atoms with van der Waals surface area (Å²) in [6.45, 7) is 6.91. The van der Waals surface area contributed by atoms with Crippen LogP contribution in [0.4, 0.5) is 5.82 Å². The maximum absolute atomic E-state index is 8.64. The van der Waals surface area contributed by atoms with Crippen LogP contribution >= 0.6 is 0 Å². The van der Waals surface area contributed by atoms with Crippen molar-refractivity contribution >= 4 is 5.82 Å². The van der Waals surface area contributed by atoms with Gasteiger partial charge in [-0.3, -0.25) is 5.01 Å². The Morgan fingerprint density at radius 3 is 2.73 bits per heavy atom. The van der Waals surface area contributed by atoms with E-state index in [1.54, 1.807) is 6.07 Å². The molecule has 0 radical (unpaired) electrons. The molecule has 0 aliphatic heterocycles. The zero-order valence-electron chi connectivity index (χ0n) is 9.23. The molecular weight excluding hydrogens is 190 g/mol. The van der Waals surface area contributed by atoms with Crippen molar-refractivity contribution in [3.05, 3.63) is 18.1 Å². The molecule has 0 aliphatic rings. The minimum Gasteiger partial charge on any atom is -0.294 e. The van der Waals surface area contributed by atoms with Crippen molar-refractivity contribution in [3.8, 4) is 6.07 Å². The predicted octanol–water partition coefficient (Wildman–Crippen LogP) is 1.07. The number of hydrogen-bond acceptors (Lipinski definition) is 5. The lowest BCUT2D eigenvalue weighted by molar-refractivity contribution is 0.410. The van der Waals surface area contributed by atoms with Crippen molar-refractivity contribution in [2.75, 3.05) is 11.6 Å². The van der Waals surface area contributed by atoms with E-state index >= 15 is 0 Å². The van der Waals surface area contributed by atoms with Crippen molar-refractivity contribution in [2.24, 2.45) is 11.3 Å². The zero-order chi connectivity index (χ0) is 11.5. The molecule has 15 heavy (non-hydrogen) atoms. The van der Waals surface area contributed by atoms with Gasteiger partial charge >= 0.3 is 0 Å². The molecule has 5 heteroatoms. The van der Waals surface area contributed by atoms with Gasteiger partial charge in [0, 0.05) is 18.8 Å². The average molecular weight is 205 g/mol. The lowest BCUT2D eigenvalue weighted by atomic mass is 9.97. The molecule has 0 spiro atoms. The number of hydrogen-bond donors (Lipinski definition) is 1. The second kappa shape index (κ2) is 4.24. The highest BCUT2D eigenvalue weighted by molar-refractivity contribution is 5.37. The Hall–Kier alpha value is -1.67. The van der Waals surface area contributed by atoms with E-state index in [-0.39, 0.29) is 11.2 Å². The second-order valence-corrected chi connectivity index (χ2v) is 4.54. The summed E-state index contributed by atoms with van der Waals surface area (Å²) in [7, 11) is 0. The molecule has 0 aromatic carbocycles. The lowest BCUT2D eigenvalue weighted by Crippen LogP contribution is -2.39. The fraction of sp³-hybridized carbons (Fsp3) is 0.500. The van der Waals surface area contributed by atoms with E-state index < -0.39 is 0 Å². The van der Waals surface area contributed by atoms with Gasteiger partial charge in [-0.1, -0.05) is 20.8 Å². The van der Waals surface area contributed by atoms with Crippen molar-refractivity contribution < 1.29 is 0 Å². The van der Waals surface area contributed by atoms with Gasteiger partial charge in [0.1, 0.15) is 11.9 Å². The number of aromatic nitrogens is 2. The van der Waals surface area contributed by atoms with Crippen LogP contribution in [0.15, 0.2) is 12.3 Å². The zero-order valence-corrected chi connectivity index (χ0v) is 9.23. The van der Waals surface area contributed by atoms with E-state index in [1.165, 1.54) is 11.2 Å². The summed E-state index contributed by atoms with van der Waals surface area (Å²) in [5.41, 5.74) is 0.0759. The molecule has 2 N–H and O–H groups in total. The van der Waals surface area contributed by atoms with Crippen LogP contribution in [0.25, 0.3) is 0 Å². The van der Waals surface area contributed by atoms with E-state index in [2.05, 4.69) is 30.7 Å². The Kier molecular flexibility index (Phi) is 3.22. The molecule has 0 atom stereocenters. The number of hydrazine groups is 1. The first-order chi connectivity index (χ1) is 6.92. The molecule has 0 aliphatic carbocycles. The molecule has 0 amide bonds. The third-order valence-electron chi connectivity index (χ3n) is 1.68. The maximum atomic E-state index is 8.64. The molecule has 1 aromatic rings. The molecule has 0 saturated heterocycles. The molecular formula is C10H15N5. The fourth-order valence-electron chi connectivity index (χ4n) is 1.16. The monoisotopic (exact) mass is 205 g/mol. The van der Waals surface area contributed by atoms with Crippen molar-refractivity contribution in [1.29, 1.82) is 5.26 Å². The van der Waals surface area contributed by atoms with Gasteiger partial charge in [-0.15, -0.1) is 0 Å². The molecule has 0 saturated carbocycles. The Labute approximate surface area is 89.5 Å². The minimum atomic E-state index is 0.0759. The Morgan fingerprint density at radius 2 is 2.20 bits per heavy atom. The third-order valence-corrected chi connectivity index (χ3v) is 1.68. The van der Waals surface area contributed by atoms with E-state index in [9.17, 15) is 0 Å². The summed E-state index contributed by atoms with van der Waals surface area (Å²) in [6, 6.07) is 3.57. The predicted molar refractivity (Wildman–Crippen MR) is 57.7 cm³/mol. The number of nitrogens with two attached hydrogens (primary N) is 1. The molecule has 0 bridgehead atoms. The van der Waals surface area contributed by atoms with Crippen molar-refractivity contribution in [3.63, 3.8) is 0 Å². The lowest BCUT2D eigenvalue weighted by Gasteiger charge is -2.26. The highest BCUT2D eigenvalue weighted by Gasteiger charge is 2.15. The first kappa shape index (κ1) is 11.4. The van der Waals surface area contributed by atoms with Gasteiger partial charge in [0.2, 0.25) is 5.82 Å². The number of rotatable bonds is 2. The molecule has 80 valence electrons. The largest absolute Gasteiger partial charge is 0.294 e. The van der Waals surface area contributed by atoms with Crippen LogP contribution in [-0.4, -0.2) is 16.5 Å². The van der Waals surface area contributed by atoms with Gasteiger partial charge in [-0.2, -0.15) is 5.26 Å². The van der Waals surface area contributed by atoms with Gasteiger partial charge in [-0.05, 0) is 5.41 Å². The molecule has 1 rings (SSSR count). The second-order valence-electron chi connectivity index (χ2n) is 4.54. The first-order valence-electron chi connectivity index (χ1n) is 4.68. The van der Waals surface area contributed by atoms with Gasteiger partial charge in [0.05, 0.1) is 0 Å². The van der Waals surface area contributed by atoms with Gasteiger partial charge < -0.3 is 0 Å².